The van der Waals surface area contributed by atoms with Gasteiger partial charge < -0.3 is 10.2 Å². The quantitative estimate of drug-likeness (QED) is 0.789. The summed E-state index contributed by atoms with van der Waals surface area (Å²) in [7, 11) is 0. The maximum Gasteiger partial charge on any atom is 0.325 e. The number of piperidine rings is 1. The van der Waals surface area contributed by atoms with Crippen LogP contribution in [-0.2, 0) is 11.2 Å². The van der Waals surface area contributed by atoms with Gasteiger partial charge >= 0.3 is 6.03 Å². The summed E-state index contributed by atoms with van der Waals surface area (Å²) < 4.78 is 13.4. The predicted octanol–water partition coefficient (Wildman–Crippen LogP) is 3.33. The van der Waals surface area contributed by atoms with Crippen molar-refractivity contribution in [2.45, 2.75) is 63.5 Å². The maximum absolute atomic E-state index is 13.7. The molecule has 1 aliphatic carbocycles. The van der Waals surface area contributed by atoms with E-state index in [1.54, 1.807) is 12.1 Å². The summed E-state index contributed by atoms with van der Waals surface area (Å²) in [5.41, 5.74) is -0.0154. The third-order valence-corrected chi connectivity index (χ3v) is 6.97. The van der Waals surface area contributed by atoms with Crippen LogP contribution in [0, 0.1) is 11.7 Å². The van der Waals surface area contributed by atoms with Crippen molar-refractivity contribution in [2.75, 3.05) is 19.6 Å². The summed E-state index contributed by atoms with van der Waals surface area (Å²) in [5.74, 6) is -0.254. The van der Waals surface area contributed by atoms with Crippen LogP contribution in [0.25, 0.3) is 0 Å². The van der Waals surface area contributed by atoms with Crippen LogP contribution in [-0.4, -0.2) is 53.0 Å². The molecule has 1 atom stereocenters. The lowest BCUT2D eigenvalue weighted by atomic mass is 9.73. The fourth-order valence-electron chi connectivity index (χ4n) is 5.31. The van der Waals surface area contributed by atoms with E-state index in [1.807, 2.05) is 0 Å². The second-order valence-corrected chi connectivity index (χ2v) is 8.53. The van der Waals surface area contributed by atoms with Gasteiger partial charge in [0, 0.05) is 12.5 Å². The molecule has 0 aromatic heterocycles. The number of hydrogen-bond donors (Lipinski definition) is 1. The van der Waals surface area contributed by atoms with Crippen molar-refractivity contribution in [3.8, 4) is 0 Å². The van der Waals surface area contributed by atoms with Crippen molar-refractivity contribution in [3.05, 3.63) is 35.6 Å². The Kier molecular flexibility index (Phi) is 5.41. The van der Waals surface area contributed by atoms with E-state index in [-0.39, 0.29) is 29.7 Å². The molecule has 28 heavy (non-hydrogen) atoms. The van der Waals surface area contributed by atoms with Gasteiger partial charge in [0.2, 0.25) is 0 Å². The van der Waals surface area contributed by atoms with Crippen LogP contribution in [0.5, 0.6) is 0 Å². The third-order valence-electron chi connectivity index (χ3n) is 6.97. The van der Waals surface area contributed by atoms with Crippen molar-refractivity contribution in [1.82, 2.24) is 15.1 Å². The van der Waals surface area contributed by atoms with Crippen LogP contribution >= 0.6 is 0 Å². The van der Waals surface area contributed by atoms with Gasteiger partial charge in [0.1, 0.15) is 11.4 Å². The van der Waals surface area contributed by atoms with Crippen molar-refractivity contribution in [1.29, 1.82) is 0 Å². The minimum absolute atomic E-state index is 0.0262. The molecule has 2 saturated heterocycles. The van der Waals surface area contributed by atoms with Crippen LogP contribution in [0.1, 0.15) is 51.0 Å². The molecule has 3 fully saturated rings. The number of carbonyl (C=O) groups excluding carboxylic acids is 2. The Bertz CT molecular complexity index is 724. The number of imide groups is 1. The van der Waals surface area contributed by atoms with Crippen LogP contribution in [0.4, 0.5) is 9.18 Å². The van der Waals surface area contributed by atoms with E-state index in [0.29, 0.717) is 6.42 Å². The van der Waals surface area contributed by atoms with Crippen molar-refractivity contribution < 1.29 is 14.0 Å². The highest BCUT2D eigenvalue weighted by molar-refractivity contribution is 6.07. The third kappa shape index (κ3) is 3.43. The largest absolute Gasteiger partial charge is 0.325 e. The van der Waals surface area contributed by atoms with Gasteiger partial charge in [0.25, 0.3) is 5.91 Å². The molecular weight excluding hydrogens is 357 g/mol. The van der Waals surface area contributed by atoms with E-state index < -0.39 is 5.54 Å². The standard InChI is InChI=1S/C22H30FN3O2/c1-2-25-13-11-17(12-14-25)22(15-16-7-9-18(23)10-8-16)20(27)26(21(28)24-22)19-5-3-4-6-19/h7-10,17,19H,2-6,11-15H2,1H3,(H,24,28). The number of benzene rings is 1. The molecule has 5 nitrogen and oxygen atoms in total. The highest BCUT2D eigenvalue weighted by Gasteiger charge is 2.57. The molecule has 4 rings (SSSR count). The molecule has 2 heterocycles. The number of amides is 3. The second kappa shape index (κ2) is 7.82. The number of carbonyl (C=O) groups is 2. The Hall–Kier alpha value is -1.95. The molecule has 3 aliphatic rings. The maximum atomic E-state index is 13.7. The zero-order chi connectivity index (χ0) is 19.7. The molecule has 1 aromatic carbocycles. The molecule has 1 aromatic rings. The number of urea groups is 1. The van der Waals surface area contributed by atoms with Crippen LogP contribution in [0.2, 0.25) is 0 Å². The number of nitrogens with one attached hydrogen (secondary N) is 1. The summed E-state index contributed by atoms with van der Waals surface area (Å²) in [6, 6.07) is 6.11. The van der Waals surface area contributed by atoms with Gasteiger partial charge in [0.05, 0.1) is 0 Å². The lowest BCUT2D eigenvalue weighted by Gasteiger charge is -2.41. The highest BCUT2D eigenvalue weighted by Crippen LogP contribution is 2.39. The summed E-state index contributed by atoms with van der Waals surface area (Å²) >= 11 is 0. The fraction of sp³-hybridized carbons (Fsp3) is 0.636. The Labute approximate surface area is 166 Å². The molecule has 0 spiro atoms. The van der Waals surface area contributed by atoms with E-state index >= 15 is 0 Å². The SMILES string of the molecule is CCN1CCC(C2(Cc3ccc(F)cc3)NC(=O)N(C3CCCC3)C2=O)CC1. The summed E-state index contributed by atoms with van der Waals surface area (Å²) in [5, 5.41) is 3.13. The monoisotopic (exact) mass is 387 g/mol. The first-order chi connectivity index (χ1) is 13.5. The topological polar surface area (TPSA) is 52.7 Å². The fourth-order valence-corrected chi connectivity index (χ4v) is 5.31. The average Bonchev–Trinajstić information content (AvgIpc) is 3.31. The first-order valence-electron chi connectivity index (χ1n) is 10.7. The van der Waals surface area contributed by atoms with Crippen molar-refractivity contribution >= 4 is 11.9 Å². The van der Waals surface area contributed by atoms with Crippen molar-refractivity contribution in [3.63, 3.8) is 0 Å². The zero-order valence-electron chi connectivity index (χ0n) is 16.6. The second-order valence-electron chi connectivity index (χ2n) is 8.53. The Morgan fingerprint density at radius 3 is 2.32 bits per heavy atom. The zero-order valence-corrected chi connectivity index (χ0v) is 16.6. The number of likely N-dealkylation sites (tertiary alicyclic amines) is 1. The number of halogens is 1. The van der Waals surface area contributed by atoms with Crippen LogP contribution in [0.3, 0.4) is 0 Å². The van der Waals surface area contributed by atoms with Gasteiger partial charge in [-0.1, -0.05) is 31.9 Å². The first-order valence-corrected chi connectivity index (χ1v) is 10.7. The summed E-state index contributed by atoms with van der Waals surface area (Å²) in [6.07, 6.45) is 6.15. The Morgan fingerprint density at radius 2 is 1.71 bits per heavy atom. The highest BCUT2D eigenvalue weighted by atomic mass is 19.1. The predicted molar refractivity (Wildman–Crippen MR) is 105 cm³/mol. The smallest absolute Gasteiger partial charge is 0.322 e. The van der Waals surface area contributed by atoms with E-state index in [9.17, 15) is 14.0 Å². The van der Waals surface area contributed by atoms with Gasteiger partial charge in [0.15, 0.2) is 0 Å². The molecule has 6 heteroatoms. The molecule has 1 unspecified atom stereocenters. The van der Waals surface area contributed by atoms with Gasteiger partial charge in [-0.25, -0.2) is 9.18 Å². The van der Waals surface area contributed by atoms with Gasteiger partial charge in [-0.15, -0.1) is 0 Å². The van der Waals surface area contributed by atoms with Gasteiger partial charge in [-0.05, 0) is 68.9 Å². The molecule has 1 saturated carbocycles. The average molecular weight is 387 g/mol. The minimum Gasteiger partial charge on any atom is -0.322 e. The Balaban J connectivity index is 1.64. The first kappa shape index (κ1) is 19.4. The molecule has 3 amide bonds. The minimum atomic E-state index is -0.905. The molecular formula is C22H30FN3O2. The molecule has 1 N–H and O–H groups in total. The van der Waals surface area contributed by atoms with Crippen LogP contribution in [0.15, 0.2) is 24.3 Å². The Morgan fingerprint density at radius 1 is 1.07 bits per heavy atom. The van der Waals surface area contributed by atoms with Crippen molar-refractivity contribution in [2.24, 2.45) is 5.92 Å². The summed E-state index contributed by atoms with van der Waals surface area (Å²) in [6.45, 7) is 5.04. The molecule has 2 aliphatic heterocycles. The van der Waals surface area contributed by atoms with Crippen LogP contribution < -0.4 is 5.32 Å². The van der Waals surface area contributed by atoms with E-state index in [0.717, 1.165) is 63.7 Å². The summed E-state index contributed by atoms with van der Waals surface area (Å²) in [4.78, 5) is 30.5. The van der Waals surface area contributed by atoms with Gasteiger partial charge in [-0.2, -0.15) is 0 Å². The number of hydrogen-bond acceptors (Lipinski definition) is 3. The molecule has 152 valence electrons. The van der Waals surface area contributed by atoms with Gasteiger partial charge in [-0.3, -0.25) is 9.69 Å². The van der Waals surface area contributed by atoms with E-state index in [4.69, 9.17) is 0 Å². The molecule has 0 radical (unpaired) electrons. The molecule has 0 bridgehead atoms. The number of nitrogens with zero attached hydrogens (tertiary/aromatic N) is 2. The lowest BCUT2D eigenvalue weighted by molar-refractivity contribution is -0.135. The van der Waals surface area contributed by atoms with E-state index in [1.165, 1.54) is 17.0 Å². The lowest BCUT2D eigenvalue weighted by Crippen LogP contribution is -2.58. The van der Waals surface area contributed by atoms with E-state index in [2.05, 4.69) is 17.1 Å². The number of rotatable bonds is 5. The normalized spacial score (nSPS) is 27.6.